The smallest absolute Gasteiger partial charge is 0.162 e. The molecule has 2 aromatic heterocycles. The van der Waals surface area contributed by atoms with Gasteiger partial charge in [-0.15, -0.1) is 11.8 Å². The minimum Gasteiger partial charge on any atom is -0.377 e. The minimum atomic E-state index is -0.805. The maximum atomic E-state index is 14.7. The van der Waals surface area contributed by atoms with Gasteiger partial charge in [-0.05, 0) is 67.6 Å². The summed E-state index contributed by atoms with van der Waals surface area (Å²) in [6.07, 6.45) is 10.6. The molecule has 1 atom stereocenters. The molecular weight excluding hydrogens is 534 g/mol. The van der Waals surface area contributed by atoms with Crippen molar-refractivity contribution >= 4 is 35.5 Å². The van der Waals surface area contributed by atoms with E-state index in [9.17, 15) is 18.8 Å². The number of carbonyl (C=O) groups is 1. The summed E-state index contributed by atoms with van der Waals surface area (Å²) in [5.74, 6) is 0.0223. The molecule has 0 bridgehead atoms. The first-order valence-electron chi connectivity index (χ1n) is 12.2. The van der Waals surface area contributed by atoms with Crippen molar-refractivity contribution in [3.63, 3.8) is 0 Å². The summed E-state index contributed by atoms with van der Waals surface area (Å²) in [7, 11) is 3.64. The van der Waals surface area contributed by atoms with Crippen molar-refractivity contribution in [2.24, 2.45) is 0 Å². The van der Waals surface area contributed by atoms with Crippen LogP contribution in [0.3, 0.4) is 0 Å². The monoisotopic (exact) mass is 562 g/mol. The summed E-state index contributed by atoms with van der Waals surface area (Å²) >= 11 is 1.27. The standard InChI is InChI=1S/C29H28F2N6O2S/c1-17(37(39)26-7-6-22(30)10-28(26)40-5)24-9-23(31)8-19(16-38)25(24)11-27(36(3)4)20-12-34-29(35-13-20)21-14-32-18(2)33-15-21/h6-17,39H,1-5H3/b27-11-. The fourth-order valence-corrected chi connectivity index (χ4v) is 4.78. The molecule has 4 aromatic rings. The Balaban J connectivity index is 1.80. The number of aryl methyl sites for hydroxylation is 1. The van der Waals surface area contributed by atoms with Crippen LogP contribution in [0.1, 0.15) is 45.8 Å². The molecule has 1 N–H and O–H groups in total. The molecule has 11 heteroatoms. The highest BCUT2D eigenvalue weighted by atomic mass is 32.2. The number of hydroxylamine groups is 1. The van der Waals surface area contributed by atoms with Crippen molar-refractivity contribution in [2.75, 3.05) is 25.4 Å². The van der Waals surface area contributed by atoms with E-state index in [-0.39, 0.29) is 5.56 Å². The molecule has 0 amide bonds. The zero-order valence-electron chi connectivity index (χ0n) is 22.6. The van der Waals surface area contributed by atoms with E-state index in [1.54, 1.807) is 51.0 Å². The van der Waals surface area contributed by atoms with Gasteiger partial charge in [0.05, 0.1) is 17.3 Å². The molecule has 4 rings (SSSR count). The van der Waals surface area contributed by atoms with Crippen LogP contribution in [0.2, 0.25) is 0 Å². The van der Waals surface area contributed by atoms with Crippen molar-refractivity contribution in [3.05, 3.63) is 94.8 Å². The molecule has 2 heterocycles. The third-order valence-electron chi connectivity index (χ3n) is 6.29. The lowest BCUT2D eigenvalue weighted by atomic mass is 9.94. The molecule has 0 radical (unpaired) electrons. The summed E-state index contributed by atoms with van der Waals surface area (Å²) in [6.45, 7) is 3.46. The Kier molecular flexibility index (Phi) is 8.86. The van der Waals surface area contributed by atoms with Crippen molar-refractivity contribution in [1.29, 1.82) is 0 Å². The highest BCUT2D eigenvalue weighted by molar-refractivity contribution is 7.98. The molecule has 0 aliphatic carbocycles. The number of rotatable bonds is 9. The highest BCUT2D eigenvalue weighted by Gasteiger charge is 2.23. The lowest BCUT2D eigenvalue weighted by molar-refractivity contribution is 0.112. The summed E-state index contributed by atoms with van der Waals surface area (Å²) < 4.78 is 28.5. The molecule has 0 aliphatic heterocycles. The van der Waals surface area contributed by atoms with E-state index in [4.69, 9.17) is 0 Å². The summed E-state index contributed by atoms with van der Waals surface area (Å²) in [6, 6.07) is 5.63. The van der Waals surface area contributed by atoms with Gasteiger partial charge in [-0.3, -0.25) is 10.0 Å². The number of carbonyl (C=O) groups excluding carboxylic acids is 1. The van der Waals surface area contributed by atoms with Crippen LogP contribution in [0, 0.1) is 18.6 Å². The number of nitrogens with zero attached hydrogens (tertiary/aromatic N) is 6. The first-order valence-corrected chi connectivity index (χ1v) is 13.5. The van der Waals surface area contributed by atoms with Gasteiger partial charge in [0.2, 0.25) is 0 Å². The van der Waals surface area contributed by atoms with Crippen molar-refractivity contribution in [2.45, 2.75) is 24.8 Å². The van der Waals surface area contributed by atoms with E-state index >= 15 is 0 Å². The van der Waals surface area contributed by atoms with E-state index in [0.29, 0.717) is 56.5 Å². The van der Waals surface area contributed by atoms with Gasteiger partial charge in [-0.1, -0.05) is 0 Å². The SMILES string of the molecule is CSc1cc(F)ccc1N(O)C(C)c1cc(F)cc(C=O)c1/C=C(/c1cnc(-c2cnc(C)nc2)nc1)N(C)C. The van der Waals surface area contributed by atoms with E-state index in [2.05, 4.69) is 19.9 Å². The molecule has 0 aliphatic rings. The molecular formula is C29H28F2N6O2S. The van der Waals surface area contributed by atoms with Crippen LogP contribution in [-0.2, 0) is 0 Å². The quantitative estimate of drug-likeness (QED) is 0.148. The normalized spacial score (nSPS) is 12.2. The predicted octanol–water partition coefficient (Wildman–Crippen LogP) is 6.07. The Labute approximate surface area is 235 Å². The summed E-state index contributed by atoms with van der Waals surface area (Å²) in [5.41, 5.74) is 3.18. The van der Waals surface area contributed by atoms with Crippen LogP contribution in [0.4, 0.5) is 14.5 Å². The number of anilines is 1. The van der Waals surface area contributed by atoms with Gasteiger partial charge in [-0.2, -0.15) is 0 Å². The Bertz CT molecular complexity index is 1550. The first kappa shape index (κ1) is 28.8. The molecule has 0 saturated carbocycles. The lowest BCUT2D eigenvalue weighted by Crippen LogP contribution is -2.24. The van der Waals surface area contributed by atoms with Crippen LogP contribution in [0.25, 0.3) is 23.2 Å². The third kappa shape index (κ3) is 6.16. The van der Waals surface area contributed by atoms with Gasteiger partial charge in [0.1, 0.15) is 17.5 Å². The van der Waals surface area contributed by atoms with Crippen LogP contribution >= 0.6 is 11.8 Å². The maximum Gasteiger partial charge on any atom is 0.162 e. The Hall–Kier alpha value is -4.22. The van der Waals surface area contributed by atoms with Crippen LogP contribution < -0.4 is 5.06 Å². The second kappa shape index (κ2) is 12.3. The van der Waals surface area contributed by atoms with Crippen LogP contribution in [0.5, 0.6) is 0 Å². The second-order valence-electron chi connectivity index (χ2n) is 9.19. The minimum absolute atomic E-state index is 0.105. The molecule has 1 unspecified atom stereocenters. The van der Waals surface area contributed by atoms with E-state index in [0.717, 1.165) is 11.1 Å². The van der Waals surface area contributed by atoms with Crippen molar-refractivity contribution in [1.82, 2.24) is 24.8 Å². The zero-order chi connectivity index (χ0) is 29.0. The van der Waals surface area contributed by atoms with E-state index in [1.165, 1.54) is 36.0 Å². The Morgan fingerprint density at radius 3 is 2.27 bits per heavy atom. The topological polar surface area (TPSA) is 95.3 Å². The number of aldehydes is 1. The van der Waals surface area contributed by atoms with Crippen molar-refractivity contribution < 1.29 is 18.8 Å². The van der Waals surface area contributed by atoms with Crippen molar-refractivity contribution in [3.8, 4) is 11.4 Å². The van der Waals surface area contributed by atoms with Gasteiger partial charge in [0.15, 0.2) is 12.1 Å². The lowest BCUT2D eigenvalue weighted by Gasteiger charge is -2.28. The summed E-state index contributed by atoms with van der Waals surface area (Å²) in [4.78, 5) is 31.7. The molecule has 40 heavy (non-hydrogen) atoms. The van der Waals surface area contributed by atoms with E-state index < -0.39 is 17.7 Å². The van der Waals surface area contributed by atoms with Gasteiger partial charge in [0, 0.05) is 60.6 Å². The Morgan fingerprint density at radius 1 is 1.00 bits per heavy atom. The van der Waals surface area contributed by atoms with Gasteiger partial charge >= 0.3 is 0 Å². The molecule has 206 valence electrons. The average Bonchev–Trinajstić information content (AvgIpc) is 2.95. The molecule has 2 aromatic carbocycles. The number of thioether (sulfide) groups is 1. The largest absolute Gasteiger partial charge is 0.377 e. The predicted molar refractivity (Wildman–Crippen MR) is 152 cm³/mol. The third-order valence-corrected chi connectivity index (χ3v) is 7.06. The van der Waals surface area contributed by atoms with Gasteiger partial charge in [0.25, 0.3) is 0 Å². The first-order chi connectivity index (χ1) is 19.1. The Morgan fingerprint density at radius 2 is 1.68 bits per heavy atom. The second-order valence-corrected chi connectivity index (χ2v) is 10.0. The zero-order valence-corrected chi connectivity index (χ0v) is 23.4. The molecule has 0 fully saturated rings. The molecule has 0 saturated heterocycles. The number of benzene rings is 2. The molecule has 8 nitrogen and oxygen atoms in total. The fraction of sp³-hybridized carbons (Fsp3) is 0.207. The van der Waals surface area contributed by atoms with Gasteiger partial charge < -0.3 is 4.90 Å². The number of aromatic nitrogens is 4. The van der Waals surface area contributed by atoms with Crippen LogP contribution in [0.15, 0.2) is 60.0 Å². The average molecular weight is 563 g/mol. The fourth-order valence-electron chi connectivity index (χ4n) is 4.18. The number of hydrogen-bond donors (Lipinski definition) is 1. The summed E-state index contributed by atoms with van der Waals surface area (Å²) in [5, 5.41) is 12.1. The van der Waals surface area contributed by atoms with Gasteiger partial charge in [-0.25, -0.2) is 33.8 Å². The maximum absolute atomic E-state index is 14.7. The van der Waals surface area contributed by atoms with Crippen LogP contribution in [-0.4, -0.2) is 56.7 Å². The number of hydrogen-bond acceptors (Lipinski definition) is 9. The van der Waals surface area contributed by atoms with E-state index in [1.807, 2.05) is 19.0 Å². The number of halogens is 2. The highest BCUT2D eigenvalue weighted by Crippen LogP contribution is 2.36. The molecule has 0 spiro atoms.